The van der Waals surface area contributed by atoms with Gasteiger partial charge in [0.2, 0.25) is 0 Å². The lowest BCUT2D eigenvalue weighted by molar-refractivity contribution is 0.294. The Labute approximate surface area is 129 Å². The fourth-order valence-corrected chi connectivity index (χ4v) is 2.76. The van der Waals surface area contributed by atoms with E-state index in [1.807, 2.05) is 38.2 Å². The number of methoxy groups -OCH3 is 1. The van der Waals surface area contributed by atoms with Gasteiger partial charge in [0.1, 0.15) is 5.01 Å². The average molecular weight is 306 g/mol. The van der Waals surface area contributed by atoms with Crippen LogP contribution in [0.1, 0.15) is 32.1 Å². The summed E-state index contributed by atoms with van der Waals surface area (Å²) < 4.78 is 11.1. The molecule has 0 atom stereocenters. The minimum absolute atomic E-state index is 0.371. The molecule has 1 heterocycles. The van der Waals surface area contributed by atoms with E-state index in [1.54, 1.807) is 18.4 Å². The Bertz CT molecular complexity index is 603. The molecule has 0 aliphatic carbocycles. The first kappa shape index (κ1) is 15.8. The van der Waals surface area contributed by atoms with Crippen molar-refractivity contribution in [3.8, 4) is 22.1 Å². The summed E-state index contributed by atoms with van der Waals surface area (Å²) in [6, 6.07) is 5.88. The molecule has 0 saturated carbocycles. The smallest absolute Gasteiger partial charge is 0.161 e. The van der Waals surface area contributed by atoms with Gasteiger partial charge in [-0.05, 0) is 38.5 Å². The highest BCUT2D eigenvalue weighted by atomic mass is 32.1. The highest BCUT2D eigenvalue weighted by Gasteiger charge is 2.18. The third-order valence-corrected chi connectivity index (χ3v) is 4.40. The number of nitrogens with zero attached hydrogens (tertiary/aromatic N) is 1. The largest absolute Gasteiger partial charge is 0.493 e. The lowest BCUT2D eigenvalue weighted by atomic mass is 10.1. The Hall–Kier alpha value is -1.59. The average Bonchev–Trinajstić information content (AvgIpc) is 2.94. The first-order valence-electron chi connectivity index (χ1n) is 7.02. The molecule has 2 aromatic rings. The van der Waals surface area contributed by atoms with Crippen LogP contribution in [0.25, 0.3) is 10.6 Å². The minimum atomic E-state index is -0.371. The topological polar surface area (TPSA) is 57.4 Å². The predicted molar refractivity (Wildman–Crippen MR) is 87.1 cm³/mol. The molecule has 5 heteroatoms. The van der Waals surface area contributed by atoms with E-state index in [4.69, 9.17) is 15.2 Å². The third-order valence-electron chi connectivity index (χ3n) is 3.01. The highest BCUT2D eigenvalue weighted by Crippen LogP contribution is 2.35. The van der Waals surface area contributed by atoms with Crippen molar-refractivity contribution in [3.05, 3.63) is 29.3 Å². The molecule has 4 nitrogen and oxygen atoms in total. The molecule has 0 bridgehead atoms. The molecule has 0 aliphatic heterocycles. The molecule has 21 heavy (non-hydrogen) atoms. The summed E-state index contributed by atoms with van der Waals surface area (Å²) in [6.45, 7) is 6.71. The second-order valence-corrected chi connectivity index (χ2v) is 6.50. The van der Waals surface area contributed by atoms with E-state index in [0.717, 1.165) is 33.4 Å². The molecule has 2 N–H and O–H groups in total. The lowest BCUT2D eigenvalue weighted by Crippen LogP contribution is -2.27. The van der Waals surface area contributed by atoms with Crippen LogP contribution in [0.2, 0.25) is 0 Å². The maximum absolute atomic E-state index is 6.11. The van der Waals surface area contributed by atoms with Gasteiger partial charge in [0.05, 0.1) is 13.7 Å². The van der Waals surface area contributed by atoms with Crippen molar-refractivity contribution >= 4 is 11.3 Å². The molecule has 1 aromatic heterocycles. The van der Waals surface area contributed by atoms with Crippen LogP contribution in [0, 0.1) is 0 Å². The predicted octanol–water partition coefficient (Wildman–Crippen LogP) is 3.80. The van der Waals surface area contributed by atoms with Gasteiger partial charge in [-0.1, -0.05) is 6.92 Å². The molecule has 0 saturated heterocycles. The summed E-state index contributed by atoms with van der Waals surface area (Å²) >= 11 is 1.60. The number of hydrogen-bond donors (Lipinski definition) is 1. The van der Waals surface area contributed by atoms with Crippen molar-refractivity contribution < 1.29 is 9.47 Å². The van der Waals surface area contributed by atoms with Gasteiger partial charge < -0.3 is 15.2 Å². The van der Waals surface area contributed by atoms with E-state index in [0.29, 0.717) is 6.61 Å². The Kier molecular flexibility index (Phi) is 4.85. The minimum Gasteiger partial charge on any atom is -0.493 e. The van der Waals surface area contributed by atoms with E-state index in [9.17, 15) is 0 Å². The summed E-state index contributed by atoms with van der Waals surface area (Å²) in [5.74, 6) is 1.49. The summed E-state index contributed by atoms with van der Waals surface area (Å²) in [6.07, 6.45) is 2.81. The van der Waals surface area contributed by atoms with Gasteiger partial charge in [-0.15, -0.1) is 11.3 Å². The Morgan fingerprint density at radius 2 is 2.05 bits per heavy atom. The van der Waals surface area contributed by atoms with Crippen LogP contribution < -0.4 is 15.2 Å². The van der Waals surface area contributed by atoms with Crippen LogP contribution in [-0.2, 0) is 5.54 Å². The van der Waals surface area contributed by atoms with Gasteiger partial charge in [0.15, 0.2) is 11.5 Å². The van der Waals surface area contributed by atoms with E-state index < -0.39 is 0 Å². The van der Waals surface area contributed by atoms with Gasteiger partial charge in [-0.25, -0.2) is 4.98 Å². The van der Waals surface area contributed by atoms with E-state index >= 15 is 0 Å². The maximum atomic E-state index is 6.11. The molecule has 2 rings (SSSR count). The van der Waals surface area contributed by atoms with Crippen LogP contribution in [0.4, 0.5) is 0 Å². The summed E-state index contributed by atoms with van der Waals surface area (Å²) in [7, 11) is 1.65. The number of hydrogen-bond acceptors (Lipinski definition) is 5. The van der Waals surface area contributed by atoms with Crippen molar-refractivity contribution in [3.63, 3.8) is 0 Å². The number of benzene rings is 1. The molecule has 0 unspecified atom stereocenters. The quantitative estimate of drug-likeness (QED) is 0.882. The molecule has 0 spiro atoms. The third kappa shape index (κ3) is 3.74. The van der Waals surface area contributed by atoms with Gasteiger partial charge in [0, 0.05) is 22.2 Å². The standard InChI is InChI=1S/C16H22N2O2S/c1-5-8-20-12-7-6-11(9-13(12)19-4)15-18-10-14(21-15)16(2,3)17/h6-7,9-10H,5,8,17H2,1-4H3. The highest BCUT2D eigenvalue weighted by molar-refractivity contribution is 7.15. The molecule has 114 valence electrons. The maximum Gasteiger partial charge on any atom is 0.161 e. The zero-order valence-corrected chi connectivity index (χ0v) is 13.8. The van der Waals surface area contributed by atoms with Crippen LogP contribution in [0.3, 0.4) is 0 Å². The summed E-state index contributed by atoms with van der Waals surface area (Å²) in [5.41, 5.74) is 6.75. The Morgan fingerprint density at radius 1 is 1.29 bits per heavy atom. The van der Waals surface area contributed by atoms with Gasteiger partial charge >= 0.3 is 0 Å². The zero-order chi connectivity index (χ0) is 15.5. The summed E-state index contributed by atoms with van der Waals surface area (Å²) in [4.78, 5) is 5.52. The lowest BCUT2D eigenvalue weighted by Gasteiger charge is -2.14. The van der Waals surface area contributed by atoms with Crippen molar-refractivity contribution in [2.45, 2.75) is 32.7 Å². The second kappa shape index (κ2) is 6.45. The van der Waals surface area contributed by atoms with Crippen LogP contribution >= 0.6 is 11.3 Å². The molecule has 0 radical (unpaired) electrons. The monoisotopic (exact) mass is 306 g/mol. The van der Waals surface area contributed by atoms with Gasteiger partial charge in [-0.2, -0.15) is 0 Å². The SMILES string of the molecule is CCCOc1ccc(-c2ncc(C(C)(C)N)s2)cc1OC. The first-order valence-corrected chi connectivity index (χ1v) is 7.83. The molecule has 1 aromatic carbocycles. The Morgan fingerprint density at radius 3 is 2.62 bits per heavy atom. The molecule has 0 fully saturated rings. The van der Waals surface area contributed by atoms with Crippen LogP contribution in [0.15, 0.2) is 24.4 Å². The van der Waals surface area contributed by atoms with E-state index in [1.165, 1.54) is 0 Å². The van der Waals surface area contributed by atoms with Crippen molar-refractivity contribution in [2.75, 3.05) is 13.7 Å². The molecule has 0 amide bonds. The van der Waals surface area contributed by atoms with Gasteiger partial charge in [-0.3, -0.25) is 0 Å². The summed E-state index contributed by atoms with van der Waals surface area (Å²) in [5, 5.41) is 0.934. The number of ether oxygens (including phenoxy) is 2. The first-order chi connectivity index (χ1) is 9.95. The normalized spacial score (nSPS) is 11.5. The van der Waals surface area contributed by atoms with Crippen LogP contribution in [-0.4, -0.2) is 18.7 Å². The van der Waals surface area contributed by atoms with Crippen LogP contribution in [0.5, 0.6) is 11.5 Å². The van der Waals surface area contributed by atoms with Crippen molar-refractivity contribution in [1.29, 1.82) is 0 Å². The van der Waals surface area contributed by atoms with Gasteiger partial charge in [0.25, 0.3) is 0 Å². The van der Waals surface area contributed by atoms with E-state index in [2.05, 4.69) is 11.9 Å². The second-order valence-electron chi connectivity index (χ2n) is 5.47. The molecular weight excluding hydrogens is 284 g/mol. The molecular formula is C16H22N2O2S. The fourth-order valence-electron chi connectivity index (χ4n) is 1.84. The van der Waals surface area contributed by atoms with E-state index in [-0.39, 0.29) is 5.54 Å². The Balaban J connectivity index is 2.30. The van der Waals surface area contributed by atoms with Crippen molar-refractivity contribution in [2.24, 2.45) is 5.73 Å². The number of aromatic nitrogens is 1. The number of thiazole rings is 1. The number of nitrogens with two attached hydrogens (primary N) is 1. The zero-order valence-electron chi connectivity index (χ0n) is 13.0. The number of rotatable bonds is 6. The fraction of sp³-hybridized carbons (Fsp3) is 0.438. The molecule has 0 aliphatic rings. The van der Waals surface area contributed by atoms with Crippen molar-refractivity contribution in [1.82, 2.24) is 4.98 Å².